The van der Waals surface area contributed by atoms with Crippen LogP contribution in [0.15, 0.2) is 17.4 Å². The van der Waals surface area contributed by atoms with E-state index < -0.39 is 0 Å². The summed E-state index contributed by atoms with van der Waals surface area (Å²) in [5.74, 6) is 0.889. The molecule has 0 aliphatic carbocycles. The second-order valence-corrected chi connectivity index (χ2v) is 5.41. The molecule has 1 aliphatic heterocycles. The summed E-state index contributed by atoms with van der Waals surface area (Å²) in [6, 6.07) is 0. The fraction of sp³-hybridized carbons (Fsp3) is 0.733. The van der Waals surface area contributed by atoms with Gasteiger partial charge in [-0.05, 0) is 18.9 Å². The molecule has 0 saturated carbocycles. The highest BCUT2D eigenvalue weighted by Gasteiger charge is 2.09. The first-order valence-electron chi connectivity index (χ1n) is 8.07. The van der Waals surface area contributed by atoms with E-state index in [0.29, 0.717) is 0 Å². The maximum absolute atomic E-state index is 5.35. The summed E-state index contributed by atoms with van der Waals surface area (Å²) in [6.45, 7) is 9.32. The van der Waals surface area contributed by atoms with Gasteiger partial charge >= 0.3 is 0 Å². The van der Waals surface area contributed by atoms with Crippen molar-refractivity contribution in [3.8, 4) is 0 Å². The molecule has 0 aromatic carbocycles. The van der Waals surface area contributed by atoms with Gasteiger partial charge in [0.15, 0.2) is 5.96 Å². The highest BCUT2D eigenvalue weighted by molar-refractivity contribution is 14.0. The Hall–Kier alpha value is -0.870. The number of morpholine rings is 1. The lowest BCUT2D eigenvalue weighted by Crippen LogP contribution is -2.40. The molecule has 1 fully saturated rings. The minimum atomic E-state index is 0. The average Bonchev–Trinajstić information content (AvgIpc) is 2.94. The lowest BCUT2D eigenvalue weighted by Gasteiger charge is -2.25. The van der Waals surface area contributed by atoms with Crippen LogP contribution < -0.4 is 10.6 Å². The Morgan fingerprint density at radius 1 is 1.35 bits per heavy atom. The first-order chi connectivity index (χ1) is 10.8. The van der Waals surface area contributed by atoms with Crippen LogP contribution >= 0.6 is 24.0 Å². The molecule has 1 aromatic heterocycles. The lowest BCUT2D eigenvalue weighted by atomic mass is 10.2. The van der Waals surface area contributed by atoms with Crippen molar-refractivity contribution in [3.63, 3.8) is 0 Å². The largest absolute Gasteiger partial charge is 0.379 e. The van der Waals surface area contributed by atoms with E-state index in [1.54, 1.807) is 0 Å². The molecule has 0 atom stereocenters. The van der Waals surface area contributed by atoms with Crippen molar-refractivity contribution in [2.24, 2.45) is 12.0 Å². The van der Waals surface area contributed by atoms with E-state index in [-0.39, 0.29) is 24.0 Å². The topological polar surface area (TPSA) is 66.7 Å². The van der Waals surface area contributed by atoms with Crippen molar-refractivity contribution in [1.82, 2.24) is 25.3 Å². The number of hydrogen-bond donors (Lipinski definition) is 2. The summed E-state index contributed by atoms with van der Waals surface area (Å²) >= 11 is 0. The monoisotopic (exact) mass is 436 g/mol. The van der Waals surface area contributed by atoms with Gasteiger partial charge in [0.05, 0.1) is 26.0 Å². The third kappa shape index (κ3) is 7.98. The molecule has 1 aromatic rings. The van der Waals surface area contributed by atoms with Gasteiger partial charge in [0, 0.05) is 46.0 Å². The fourth-order valence-electron chi connectivity index (χ4n) is 2.40. The van der Waals surface area contributed by atoms with E-state index in [1.807, 2.05) is 24.1 Å². The third-order valence-electron chi connectivity index (χ3n) is 3.60. The summed E-state index contributed by atoms with van der Waals surface area (Å²) in [7, 11) is 1.94. The number of guanidine groups is 1. The van der Waals surface area contributed by atoms with Crippen LogP contribution in [0.25, 0.3) is 0 Å². The zero-order valence-electron chi connectivity index (χ0n) is 14.1. The quantitative estimate of drug-likeness (QED) is 0.370. The second kappa shape index (κ2) is 11.6. The number of aromatic nitrogens is 2. The van der Waals surface area contributed by atoms with Gasteiger partial charge in [-0.3, -0.25) is 14.6 Å². The number of rotatable bonds is 7. The molecule has 2 rings (SSSR count). The van der Waals surface area contributed by atoms with Crippen LogP contribution in [0.3, 0.4) is 0 Å². The van der Waals surface area contributed by atoms with Gasteiger partial charge < -0.3 is 15.4 Å². The molecule has 0 radical (unpaired) electrons. The van der Waals surface area contributed by atoms with E-state index >= 15 is 0 Å². The first-order valence-corrected chi connectivity index (χ1v) is 8.07. The van der Waals surface area contributed by atoms with Crippen molar-refractivity contribution in [3.05, 3.63) is 18.0 Å². The Kier molecular flexibility index (Phi) is 10.2. The predicted octanol–water partition coefficient (Wildman–Crippen LogP) is 0.468. The van der Waals surface area contributed by atoms with Crippen LogP contribution in [0.4, 0.5) is 0 Å². The molecule has 132 valence electrons. The SMILES string of the molecule is CCNC(=NCCN1CCOCC1)NCCc1cnn(C)c1.I. The number of halogens is 1. The van der Waals surface area contributed by atoms with Crippen molar-refractivity contribution in [2.75, 3.05) is 52.5 Å². The molecule has 0 amide bonds. The molecule has 1 aliphatic rings. The Labute approximate surface area is 155 Å². The zero-order valence-corrected chi connectivity index (χ0v) is 16.5. The fourth-order valence-corrected chi connectivity index (χ4v) is 2.40. The van der Waals surface area contributed by atoms with Crippen LogP contribution in [-0.4, -0.2) is 73.1 Å². The summed E-state index contributed by atoms with van der Waals surface area (Å²) < 4.78 is 7.18. The molecule has 0 spiro atoms. The Bertz CT molecular complexity index is 459. The molecule has 8 heteroatoms. The number of aliphatic imine (C=N–C) groups is 1. The molecule has 2 heterocycles. The molecule has 1 saturated heterocycles. The molecule has 23 heavy (non-hydrogen) atoms. The minimum Gasteiger partial charge on any atom is -0.379 e. The summed E-state index contributed by atoms with van der Waals surface area (Å²) in [4.78, 5) is 7.03. The predicted molar refractivity (Wildman–Crippen MR) is 104 cm³/mol. The molecule has 2 N–H and O–H groups in total. The van der Waals surface area contributed by atoms with Crippen LogP contribution in [0.2, 0.25) is 0 Å². The molecular formula is C15H29IN6O. The molecule has 7 nitrogen and oxygen atoms in total. The second-order valence-electron chi connectivity index (χ2n) is 5.41. The Morgan fingerprint density at radius 2 is 2.13 bits per heavy atom. The van der Waals surface area contributed by atoms with Crippen LogP contribution in [-0.2, 0) is 18.2 Å². The summed E-state index contributed by atoms with van der Waals surface area (Å²) in [5.41, 5.74) is 1.24. The molecule has 0 unspecified atom stereocenters. The summed E-state index contributed by atoms with van der Waals surface area (Å²) in [6.07, 6.45) is 4.90. The standard InChI is InChI=1S/C15H28N6O.HI/c1-3-16-15(17-5-4-14-12-19-20(2)13-14)18-6-7-21-8-10-22-11-9-21;/h12-13H,3-11H2,1-2H3,(H2,16,17,18);1H. The van der Waals surface area contributed by atoms with Gasteiger partial charge in [-0.2, -0.15) is 5.10 Å². The third-order valence-corrected chi connectivity index (χ3v) is 3.60. The number of aryl methyl sites for hydroxylation is 1. The van der Waals surface area contributed by atoms with Gasteiger partial charge in [0.2, 0.25) is 0 Å². The highest BCUT2D eigenvalue weighted by atomic mass is 127. The van der Waals surface area contributed by atoms with Crippen molar-refractivity contribution >= 4 is 29.9 Å². The lowest BCUT2D eigenvalue weighted by molar-refractivity contribution is 0.0394. The number of hydrogen-bond acceptors (Lipinski definition) is 4. The van der Waals surface area contributed by atoms with Crippen LogP contribution in [0, 0.1) is 0 Å². The number of ether oxygens (including phenoxy) is 1. The van der Waals surface area contributed by atoms with Crippen molar-refractivity contribution in [1.29, 1.82) is 0 Å². The van der Waals surface area contributed by atoms with E-state index in [0.717, 1.165) is 64.9 Å². The number of nitrogens with zero attached hydrogens (tertiary/aromatic N) is 4. The normalized spacial score (nSPS) is 16.0. The maximum atomic E-state index is 5.35. The van der Waals surface area contributed by atoms with Crippen molar-refractivity contribution in [2.45, 2.75) is 13.3 Å². The van der Waals surface area contributed by atoms with Crippen molar-refractivity contribution < 1.29 is 4.74 Å². The summed E-state index contributed by atoms with van der Waals surface area (Å²) in [5, 5.41) is 10.8. The van der Waals surface area contributed by atoms with Gasteiger partial charge in [-0.15, -0.1) is 24.0 Å². The molecular weight excluding hydrogens is 407 g/mol. The van der Waals surface area contributed by atoms with Crippen LogP contribution in [0.5, 0.6) is 0 Å². The van der Waals surface area contributed by atoms with Crippen LogP contribution in [0.1, 0.15) is 12.5 Å². The Morgan fingerprint density at radius 3 is 2.78 bits per heavy atom. The molecule has 0 bridgehead atoms. The first kappa shape index (κ1) is 20.2. The van der Waals surface area contributed by atoms with Gasteiger partial charge in [0.1, 0.15) is 0 Å². The van der Waals surface area contributed by atoms with E-state index in [9.17, 15) is 0 Å². The van der Waals surface area contributed by atoms with Gasteiger partial charge in [-0.25, -0.2) is 0 Å². The minimum absolute atomic E-state index is 0. The van der Waals surface area contributed by atoms with E-state index in [1.165, 1.54) is 5.56 Å². The van der Waals surface area contributed by atoms with Gasteiger partial charge in [-0.1, -0.05) is 0 Å². The smallest absolute Gasteiger partial charge is 0.191 e. The van der Waals surface area contributed by atoms with Gasteiger partial charge in [0.25, 0.3) is 0 Å². The van der Waals surface area contributed by atoms with E-state index in [4.69, 9.17) is 4.74 Å². The zero-order chi connectivity index (χ0) is 15.6. The number of nitrogens with one attached hydrogen (secondary N) is 2. The highest BCUT2D eigenvalue weighted by Crippen LogP contribution is 1.97. The Balaban J connectivity index is 0.00000264. The maximum Gasteiger partial charge on any atom is 0.191 e. The average molecular weight is 436 g/mol. The van der Waals surface area contributed by atoms with E-state index in [2.05, 4.69) is 32.5 Å².